The monoisotopic (exact) mass is 296 g/mol. The Morgan fingerprint density at radius 1 is 1.18 bits per heavy atom. The van der Waals surface area contributed by atoms with Crippen molar-refractivity contribution in [2.45, 2.75) is 46.1 Å². The average molecular weight is 296 g/mol. The van der Waals surface area contributed by atoms with Crippen LogP contribution in [0.25, 0.3) is 0 Å². The number of unbranched alkanes of at least 4 members (excludes halogenated alkanes) is 1. The number of aromatic nitrogens is 1. The molecule has 116 valence electrons. The molecular weight excluding hydrogens is 272 g/mol. The fourth-order valence-electron chi connectivity index (χ4n) is 2.42. The third-order valence-electron chi connectivity index (χ3n) is 3.94. The van der Waals surface area contributed by atoms with E-state index in [2.05, 4.69) is 49.3 Å². The van der Waals surface area contributed by atoms with E-state index < -0.39 is 0 Å². The zero-order valence-electron chi connectivity index (χ0n) is 13.6. The van der Waals surface area contributed by atoms with E-state index in [1.54, 1.807) is 6.20 Å². The van der Waals surface area contributed by atoms with Crippen LogP contribution in [0, 0.1) is 13.8 Å². The van der Waals surface area contributed by atoms with E-state index in [-0.39, 0.29) is 11.9 Å². The van der Waals surface area contributed by atoms with Crippen LogP contribution in [0.2, 0.25) is 0 Å². The van der Waals surface area contributed by atoms with Crippen molar-refractivity contribution >= 4 is 5.91 Å². The van der Waals surface area contributed by atoms with Gasteiger partial charge in [-0.1, -0.05) is 37.6 Å². The summed E-state index contributed by atoms with van der Waals surface area (Å²) < 4.78 is 0. The number of nitrogens with zero attached hydrogens (tertiary/aromatic N) is 1. The van der Waals surface area contributed by atoms with Gasteiger partial charge in [-0.3, -0.25) is 9.78 Å². The molecule has 1 aromatic carbocycles. The van der Waals surface area contributed by atoms with Crippen molar-refractivity contribution in [2.24, 2.45) is 0 Å². The maximum Gasteiger partial charge on any atom is 0.220 e. The van der Waals surface area contributed by atoms with Crippen molar-refractivity contribution in [2.75, 3.05) is 0 Å². The molecule has 1 N–H and O–H groups in total. The second-order valence-electron chi connectivity index (χ2n) is 5.73. The number of carbonyl (C=O) groups is 1. The Morgan fingerprint density at radius 3 is 2.64 bits per heavy atom. The summed E-state index contributed by atoms with van der Waals surface area (Å²) in [7, 11) is 0. The Hall–Kier alpha value is -2.16. The first-order valence-electron chi connectivity index (χ1n) is 7.88. The molecule has 0 saturated heterocycles. The smallest absolute Gasteiger partial charge is 0.220 e. The summed E-state index contributed by atoms with van der Waals surface area (Å²) in [5, 5.41) is 3.15. The van der Waals surface area contributed by atoms with E-state index in [1.165, 1.54) is 11.1 Å². The Labute approximate surface area is 132 Å². The van der Waals surface area contributed by atoms with E-state index in [0.29, 0.717) is 6.42 Å². The average Bonchev–Trinajstić information content (AvgIpc) is 2.54. The summed E-state index contributed by atoms with van der Waals surface area (Å²) in [6.07, 6.45) is 6.07. The van der Waals surface area contributed by atoms with Crippen LogP contribution in [0.5, 0.6) is 0 Å². The van der Waals surface area contributed by atoms with Gasteiger partial charge in [-0.25, -0.2) is 0 Å². The van der Waals surface area contributed by atoms with Gasteiger partial charge in [-0.05, 0) is 48.6 Å². The number of amides is 1. The number of hydrogen-bond donors (Lipinski definition) is 1. The molecule has 2 aromatic rings. The van der Waals surface area contributed by atoms with Gasteiger partial charge < -0.3 is 5.32 Å². The zero-order valence-corrected chi connectivity index (χ0v) is 13.6. The van der Waals surface area contributed by atoms with Gasteiger partial charge in [0.2, 0.25) is 5.91 Å². The minimum Gasteiger partial charge on any atom is -0.345 e. The number of carbonyl (C=O) groups excluding carboxylic acids is 1. The lowest BCUT2D eigenvalue weighted by Crippen LogP contribution is -2.29. The molecule has 1 aromatic heterocycles. The first-order chi connectivity index (χ1) is 10.6. The Kier molecular flexibility index (Phi) is 5.70. The van der Waals surface area contributed by atoms with Gasteiger partial charge in [-0.2, -0.15) is 0 Å². The van der Waals surface area contributed by atoms with Crippen LogP contribution in [0.4, 0.5) is 0 Å². The van der Waals surface area contributed by atoms with Gasteiger partial charge in [0.1, 0.15) is 0 Å². The highest BCUT2D eigenvalue weighted by Crippen LogP contribution is 2.23. The van der Waals surface area contributed by atoms with Crippen LogP contribution in [-0.2, 0) is 4.79 Å². The van der Waals surface area contributed by atoms with Crippen LogP contribution in [0.1, 0.15) is 54.5 Å². The normalized spacial score (nSPS) is 12.0. The third kappa shape index (κ3) is 4.17. The molecule has 0 aliphatic rings. The lowest BCUT2D eigenvalue weighted by Gasteiger charge is -2.20. The predicted octanol–water partition coefficient (Wildman–Crippen LogP) is 4.09. The van der Waals surface area contributed by atoms with Gasteiger partial charge in [0.05, 0.1) is 6.04 Å². The van der Waals surface area contributed by atoms with Crippen molar-refractivity contribution in [1.82, 2.24) is 10.3 Å². The largest absolute Gasteiger partial charge is 0.345 e. The van der Waals surface area contributed by atoms with E-state index in [1.807, 2.05) is 18.3 Å². The molecule has 0 bridgehead atoms. The molecule has 0 saturated carbocycles. The molecule has 0 radical (unpaired) electrons. The highest BCUT2D eigenvalue weighted by atomic mass is 16.1. The topological polar surface area (TPSA) is 42.0 Å². The molecule has 0 aliphatic carbocycles. The summed E-state index contributed by atoms with van der Waals surface area (Å²) in [5.74, 6) is 0.0916. The highest BCUT2D eigenvalue weighted by Gasteiger charge is 2.17. The first-order valence-corrected chi connectivity index (χ1v) is 7.88. The predicted molar refractivity (Wildman–Crippen MR) is 89.7 cm³/mol. The van der Waals surface area contributed by atoms with Crippen LogP contribution in [0.15, 0.2) is 42.7 Å². The van der Waals surface area contributed by atoms with Gasteiger partial charge in [0.15, 0.2) is 0 Å². The van der Waals surface area contributed by atoms with Crippen molar-refractivity contribution in [3.05, 3.63) is 65.0 Å². The number of pyridine rings is 1. The van der Waals surface area contributed by atoms with Crippen molar-refractivity contribution in [3.8, 4) is 0 Å². The summed E-state index contributed by atoms with van der Waals surface area (Å²) in [5.41, 5.74) is 4.59. The minimum atomic E-state index is -0.141. The lowest BCUT2D eigenvalue weighted by molar-refractivity contribution is -0.121. The van der Waals surface area contributed by atoms with E-state index >= 15 is 0 Å². The molecule has 0 aliphatic heterocycles. The van der Waals surface area contributed by atoms with Crippen molar-refractivity contribution in [3.63, 3.8) is 0 Å². The van der Waals surface area contributed by atoms with Gasteiger partial charge >= 0.3 is 0 Å². The Bertz CT molecular complexity index is 623. The lowest BCUT2D eigenvalue weighted by atomic mass is 9.96. The first kappa shape index (κ1) is 16.2. The van der Waals surface area contributed by atoms with E-state index in [4.69, 9.17) is 0 Å². The Morgan fingerprint density at radius 2 is 2.00 bits per heavy atom. The number of nitrogens with one attached hydrogen (secondary N) is 1. The summed E-state index contributed by atoms with van der Waals surface area (Å²) >= 11 is 0. The molecule has 1 heterocycles. The number of hydrogen-bond acceptors (Lipinski definition) is 2. The van der Waals surface area contributed by atoms with Crippen LogP contribution < -0.4 is 5.32 Å². The standard InChI is InChI=1S/C19H24N2O/c1-4-5-8-18(22)21-19(17-7-6-11-20-13-17)16-10-9-14(2)15(3)12-16/h6-7,9-13,19H,4-5,8H2,1-3H3,(H,21,22)/t19-/m0/s1. The molecule has 2 rings (SSSR count). The van der Waals surface area contributed by atoms with E-state index in [0.717, 1.165) is 24.0 Å². The molecule has 0 unspecified atom stereocenters. The molecule has 22 heavy (non-hydrogen) atoms. The number of aryl methyl sites for hydroxylation is 2. The summed E-state index contributed by atoms with van der Waals surface area (Å²) in [6.45, 7) is 6.28. The van der Waals surface area contributed by atoms with Crippen LogP contribution in [0.3, 0.4) is 0 Å². The highest BCUT2D eigenvalue weighted by molar-refractivity contribution is 5.77. The van der Waals surface area contributed by atoms with Crippen molar-refractivity contribution in [1.29, 1.82) is 0 Å². The molecule has 0 spiro atoms. The zero-order chi connectivity index (χ0) is 15.9. The summed E-state index contributed by atoms with van der Waals surface area (Å²) in [6, 6.07) is 10.1. The van der Waals surface area contributed by atoms with E-state index in [9.17, 15) is 4.79 Å². The summed E-state index contributed by atoms with van der Waals surface area (Å²) in [4.78, 5) is 16.4. The van der Waals surface area contributed by atoms with Crippen LogP contribution in [-0.4, -0.2) is 10.9 Å². The molecule has 0 fully saturated rings. The van der Waals surface area contributed by atoms with Gasteiger partial charge in [-0.15, -0.1) is 0 Å². The molecular formula is C19H24N2O. The molecule has 1 atom stereocenters. The Balaban J connectivity index is 2.29. The number of rotatable bonds is 6. The van der Waals surface area contributed by atoms with Crippen LogP contribution >= 0.6 is 0 Å². The van der Waals surface area contributed by atoms with Gasteiger partial charge in [0, 0.05) is 18.8 Å². The second-order valence-corrected chi connectivity index (χ2v) is 5.73. The van der Waals surface area contributed by atoms with Crippen molar-refractivity contribution < 1.29 is 4.79 Å². The fraction of sp³-hybridized carbons (Fsp3) is 0.368. The fourth-order valence-corrected chi connectivity index (χ4v) is 2.42. The number of benzene rings is 1. The van der Waals surface area contributed by atoms with Gasteiger partial charge in [0.25, 0.3) is 0 Å². The maximum absolute atomic E-state index is 12.2. The molecule has 3 heteroatoms. The SMILES string of the molecule is CCCCC(=O)N[C@H](c1cccnc1)c1ccc(C)c(C)c1. The molecule has 3 nitrogen and oxygen atoms in total. The molecule has 1 amide bonds. The third-order valence-corrected chi connectivity index (χ3v) is 3.94. The minimum absolute atomic E-state index is 0.0916. The second kappa shape index (κ2) is 7.74. The quantitative estimate of drug-likeness (QED) is 0.872. The maximum atomic E-state index is 12.2.